The van der Waals surface area contributed by atoms with E-state index in [4.69, 9.17) is 0 Å². The molecule has 0 spiro atoms. The number of nitro benzene ring substituents is 1. The van der Waals surface area contributed by atoms with Gasteiger partial charge in [-0.1, -0.05) is 12.1 Å². The molecule has 1 atom stereocenters. The van der Waals surface area contributed by atoms with Crippen molar-refractivity contribution >= 4 is 11.6 Å². The highest BCUT2D eigenvalue weighted by Gasteiger charge is 2.35. The fraction of sp³-hybridized carbons (Fsp3) is 0.533. The standard InChI is InChI=1S/C15H19N3O3/c1-16-5-7-17(8-6-16)15(19)12-9-11-3-2-4-14(18(20)21)13(11)10-12/h2-4,12H,5-10H2,1H3. The van der Waals surface area contributed by atoms with Crippen molar-refractivity contribution in [1.82, 2.24) is 9.80 Å². The molecule has 1 aliphatic carbocycles. The van der Waals surface area contributed by atoms with Crippen LogP contribution >= 0.6 is 0 Å². The SMILES string of the molecule is CN1CCN(C(=O)C2Cc3cccc([N+](=O)[O-])c3C2)CC1. The van der Waals surface area contributed by atoms with Gasteiger partial charge in [-0.2, -0.15) is 0 Å². The maximum Gasteiger partial charge on any atom is 0.272 e. The van der Waals surface area contributed by atoms with Gasteiger partial charge in [-0.15, -0.1) is 0 Å². The van der Waals surface area contributed by atoms with E-state index in [1.54, 1.807) is 6.07 Å². The summed E-state index contributed by atoms with van der Waals surface area (Å²) in [4.78, 5) is 27.4. The third-order valence-electron chi connectivity index (χ3n) is 4.53. The first-order valence-electron chi connectivity index (χ1n) is 7.28. The second-order valence-electron chi connectivity index (χ2n) is 5.91. The lowest BCUT2D eigenvalue weighted by atomic mass is 10.0. The summed E-state index contributed by atoms with van der Waals surface area (Å²) in [7, 11) is 2.05. The smallest absolute Gasteiger partial charge is 0.272 e. The number of benzene rings is 1. The van der Waals surface area contributed by atoms with Crippen LogP contribution in [0.4, 0.5) is 5.69 Å². The van der Waals surface area contributed by atoms with Gasteiger partial charge in [0.15, 0.2) is 0 Å². The minimum absolute atomic E-state index is 0.135. The molecule has 1 aliphatic heterocycles. The number of likely N-dealkylation sites (N-methyl/N-ethyl adjacent to an activating group) is 1. The first-order chi connectivity index (χ1) is 10.1. The van der Waals surface area contributed by atoms with Crippen LogP contribution in [0.2, 0.25) is 0 Å². The van der Waals surface area contributed by atoms with E-state index < -0.39 is 0 Å². The van der Waals surface area contributed by atoms with Crippen LogP contribution in [0, 0.1) is 16.0 Å². The number of carbonyl (C=O) groups excluding carboxylic acids is 1. The van der Waals surface area contributed by atoms with Gasteiger partial charge in [-0.05, 0) is 25.5 Å². The zero-order valence-electron chi connectivity index (χ0n) is 12.1. The van der Waals surface area contributed by atoms with E-state index in [2.05, 4.69) is 11.9 Å². The topological polar surface area (TPSA) is 66.7 Å². The monoisotopic (exact) mass is 289 g/mol. The van der Waals surface area contributed by atoms with Crippen LogP contribution in [0.3, 0.4) is 0 Å². The summed E-state index contributed by atoms with van der Waals surface area (Å²) in [5.74, 6) is 0.0121. The Balaban J connectivity index is 1.74. The van der Waals surface area contributed by atoms with Gasteiger partial charge in [0, 0.05) is 43.7 Å². The second kappa shape index (κ2) is 5.44. The van der Waals surface area contributed by atoms with Crippen LogP contribution in [-0.4, -0.2) is 53.9 Å². The molecule has 0 radical (unpaired) electrons. The van der Waals surface area contributed by atoms with Crippen LogP contribution in [0.25, 0.3) is 0 Å². The lowest BCUT2D eigenvalue weighted by molar-refractivity contribution is -0.385. The summed E-state index contributed by atoms with van der Waals surface area (Å²) in [6, 6.07) is 5.14. The molecule has 0 aromatic heterocycles. The summed E-state index contributed by atoms with van der Waals surface area (Å²) in [5.41, 5.74) is 1.85. The van der Waals surface area contributed by atoms with Gasteiger partial charge in [0.2, 0.25) is 5.91 Å². The van der Waals surface area contributed by atoms with Gasteiger partial charge in [0.1, 0.15) is 0 Å². The molecule has 1 aromatic rings. The van der Waals surface area contributed by atoms with Crippen LogP contribution in [0.15, 0.2) is 18.2 Å². The van der Waals surface area contributed by atoms with Gasteiger partial charge in [0.25, 0.3) is 5.69 Å². The van der Waals surface area contributed by atoms with Crippen molar-refractivity contribution in [3.63, 3.8) is 0 Å². The third kappa shape index (κ3) is 2.63. The number of carbonyl (C=O) groups is 1. The Labute approximate surface area is 123 Å². The van der Waals surface area contributed by atoms with Crippen LogP contribution in [0.5, 0.6) is 0 Å². The maximum atomic E-state index is 12.6. The average molecular weight is 289 g/mol. The van der Waals surface area contributed by atoms with E-state index in [0.717, 1.165) is 37.3 Å². The largest absolute Gasteiger partial charge is 0.340 e. The molecule has 1 saturated heterocycles. The molecule has 1 fully saturated rings. The summed E-state index contributed by atoms with van der Waals surface area (Å²) in [5, 5.41) is 11.1. The minimum atomic E-state index is -0.346. The lowest BCUT2D eigenvalue weighted by Crippen LogP contribution is -2.49. The normalized spacial score (nSPS) is 22.1. The molecule has 112 valence electrons. The summed E-state index contributed by atoms with van der Waals surface area (Å²) in [6.07, 6.45) is 1.12. The predicted molar refractivity (Wildman–Crippen MR) is 78.1 cm³/mol. The van der Waals surface area contributed by atoms with E-state index in [1.807, 2.05) is 11.0 Å². The number of piperazine rings is 1. The molecule has 0 bridgehead atoms. The zero-order valence-corrected chi connectivity index (χ0v) is 12.1. The fourth-order valence-corrected chi connectivity index (χ4v) is 3.26. The van der Waals surface area contributed by atoms with Crippen molar-refractivity contribution in [2.75, 3.05) is 33.2 Å². The van der Waals surface area contributed by atoms with Crippen molar-refractivity contribution in [2.24, 2.45) is 5.92 Å². The molecule has 6 heteroatoms. The highest BCUT2D eigenvalue weighted by Crippen LogP contribution is 2.34. The van der Waals surface area contributed by atoms with Gasteiger partial charge < -0.3 is 9.80 Å². The predicted octanol–water partition coefficient (Wildman–Crippen LogP) is 1.08. The second-order valence-corrected chi connectivity index (χ2v) is 5.91. The Morgan fingerprint density at radius 3 is 2.62 bits per heavy atom. The Hall–Kier alpha value is -1.95. The van der Waals surface area contributed by atoms with E-state index in [0.29, 0.717) is 12.8 Å². The summed E-state index contributed by atoms with van der Waals surface area (Å²) in [6.45, 7) is 3.30. The third-order valence-corrected chi connectivity index (χ3v) is 4.53. The number of hydrogen-bond acceptors (Lipinski definition) is 4. The Kier molecular flexibility index (Phi) is 3.63. The molecule has 1 heterocycles. The van der Waals surface area contributed by atoms with Crippen molar-refractivity contribution in [3.8, 4) is 0 Å². The van der Waals surface area contributed by atoms with Gasteiger partial charge >= 0.3 is 0 Å². The average Bonchev–Trinajstić information content (AvgIpc) is 2.90. The van der Waals surface area contributed by atoms with Crippen LogP contribution in [-0.2, 0) is 17.6 Å². The van der Waals surface area contributed by atoms with E-state index in [-0.39, 0.29) is 22.4 Å². The number of hydrogen-bond donors (Lipinski definition) is 0. The quantitative estimate of drug-likeness (QED) is 0.603. The van der Waals surface area contributed by atoms with Crippen molar-refractivity contribution < 1.29 is 9.72 Å². The first kappa shape index (κ1) is 14.0. The van der Waals surface area contributed by atoms with Crippen molar-refractivity contribution in [2.45, 2.75) is 12.8 Å². The lowest BCUT2D eigenvalue weighted by Gasteiger charge is -2.33. The van der Waals surface area contributed by atoms with Crippen LogP contribution in [0.1, 0.15) is 11.1 Å². The molecule has 1 amide bonds. The Bertz CT molecular complexity index is 580. The Morgan fingerprint density at radius 1 is 1.24 bits per heavy atom. The van der Waals surface area contributed by atoms with E-state index in [1.165, 1.54) is 6.07 Å². The molecular weight excluding hydrogens is 270 g/mol. The number of fused-ring (bicyclic) bond motifs is 1. The van der Waals surface area contributed by atoms with Gasteiger partial charge in [0.05, 0.1) is 4.92 Å². The van der Waals surface area contributed by atoms with Crippen LogP contribution < -0.4 is 0 Å². The van der Waals surface area contributed by atoms with Crippen molar-refractivity contribution in [1.29, 1.82) is 0 Å². The Morgan fingerprint density at radius 2 is 1.95 bits per heavy atom. The molecular formula is C15H19N3O3. The molecule has 21 heavy (non-hydrogen) atoms. The highest BCUT2D eigenvalue weighted by molar-refractivity contribution is 5.81. The molecule has 2 aliphatic rings. The minimum Gasteiger partial charge on any atom is -0.340 e. The number of nitrogens with zero attached hydrogens (tertiary/aromatic N) is 3. The number of amides is 1. The molecule has 1 aromatic carbocycles. The molecule has 1 unspecified atom stereocenters. The number of rotatable bonds is 2. The molecule has 0 saturated carbocycles. The summed E-state index contributed by atoms with van der Waals surface area (Å²) >= 11 is 0. The van der Waals surface area contributed by atoms with Gasteiger partial charge in [-0.3, -0.25) is 14.9 Å². The maximum absolute atomic E-state index is 12.6. The highest BCUT2D eigenvalue weighted by atomic mass is 16.6. The number of nitro groups is 1. The van der Waals surface area contributed by atoms with Gasteiger partial charge in [-0.25, -0.2) is 0 Å². The molecule has 0 N–H and O–H groups in total. The first-order valence-corrected chi connectivity index (χ1v) is 7.28. The summed E-state index contributed by atoms with van der Waals surface area (Å²) < 4.78 is 0. The fourth-order valence-electron chi connectivity index (χ4n) is 3.26. The van der Waals surface area contributed by atoms with E-state index >= 15 is 0 Å². The van der Waals surface area contributed by atoms with E-state index in [9.17, 15) is 14.9 Å². The molecule has 3 rings (SSSR count). The molecule has 6 nitrogen and oxygen atoms in total. The zero-order chi connectivity index (χ0) is 15.0. The van der Waals surface area contributed by atoms with Crippen molar-refractivity contribution in [3.05, 3.63) is 39.4 Å².